The molecule has 150 valence electrons. The number of ether oxygens (including phenoxy) is 1. The van der Waals surface area contributed by atoms with Crippen LogP contribution >= 0.6 is 11.6 Å². The van der Waals surface area contributed by atoms with E-state index in [1.165, 1.54) is 0 Å². The molecule has 4 heteroatoms. The minimum Gasteiger partial charge on any atom is -0.429 e. The second kappa shape index (κ2) is 9.10. The van der Waals surface area contributed by atoms with Crippen molar-refractivity contribution in [1.29, 1.82) is 0 Å². The Hall–Kier alpha value is -3.17. The quantitative estimate of drug-likeness (QED) is 0.482. The van der Waals surface area contributed by atoms with Crippen molar-refractivity contribution < 1.29 is 14.3 Å². The lowest BCUT2D eigenvalue weighted by Crippen LogP contribution is -2.22. The van der Waals surface area contributed by atoms with Crippen LogP contribution in [0.5, 0.6) is 0 Å². The fraction of sp³-hybridized carbons (Fsp3) is 0.154. The maximum atomic E-state index is 13.3. The van der Waals surface area contributed by atoms with Crippen molar-refractivity contribution in [3.63, 3.8) is 0 Å². The summed E-state index contributed by atoms with van der Waals surface area (Å²) in [4.78, 5) is 25.8. The first kappa shape index (κ1) is 20.1. The van der Waals surface area contributed by atoms with Gasteiger partial charge in [0.15, 0.2) is 5.78 Å². The highest BCUT2D eigenvalue weighted by Crippen LogP contribution is 2.37. The Labute approximate surface area is 181 Å². The number of hydrogen-bond donors (Lipinski definition) is 0. The summed E-state index contributed by atoms with van der Waals surface area (Å²) >= 11 is 6.28. The molecule has 1 aliphatic rings. The summed E-state index contributed by atoms with van der Waals surface area (Å²) in [6.45, 7) is 0. The van der Waals surface area contributed by atoms with Crippen LogP contribution in [0, 0.1) is 0 Å². The van der Waals surface area contributed by atoms with Crippen LogP contribution in [-0.2, 0) is 14.3 Å². The Kier molecular flexibility index (Phi) is 6.10. The van der Waals surface area contributed by atoms with Crippen molar-refractivity contribution in [2.24, 2.45) is 0 Å². The molecular weight excluding hydrogens is 396 g/mol. The van der Waals surface area contributed by atoms with Crippen molar-refractivity contribution in [3.8, 4) is 0 Å². The molecule has 3 aromatic rings. The van der Waals surface area contributed by atoms with Gasteiger partial charge in [-0.25, -0.2) is 0 Å². The van der Waals surface area contributed by atoms with E-state index in [4.69, 9.17) is 16.3 Å². The fourth-order valence-corrected chi connectivity index (χ4v) is 4.03. The molecule has 0 heterocycles. The highest BCUT2D eigenvalue weighted by molar-refractivity contribution is 6.43. The summed E-state index contributed by atoms with van der Waals surface area (Å²) < 4.78 is 5.78. The number of carbonyl (C=O) groups excluding carboxylic acids is 2. The SMILES string of the molecule is O=C1CC(c2ccccc2)CC(OC(=O)C(c2ccccc2)c2ccccc2)=C1Cl. The summed E-state index contributed by atoms with van der Waals surface area (Å²) in [5.41, 5.74) is 2.69. The van der Waals surface area contributed by atoms with E-state index in [1.807, 2.05) is 91.0 Å². The molecule has 0 aromatic heterocycles. The summed E-state index contributed by atoms with van der Waals surface area (Å²) in [6.07, 6.45) is 0.724. The van der Waals surface area contributed by atoms with Crippen molar-refractivity contribution in [2.75, 3.05) is 0 Å². The molecule has 0 saturated carbocycles. The minimum atomic E-state index is -0.600. The van der Waals surface area contributed by atoms with Crippen molar-refractivity contribution in [2.45, 2.75) is 24.7 Å². The van der Waals surface area contributed by atoms with Gasteiger partial charge in [-0.1, -0.05) is 103 Å². The van der Waals surface area contributed by atoms with Crippen LogP contribution in [0.15, 0.2) is 102 Å². The van der Waals surface area contributed by atoms with E-state index in [0.29, 0.717) is 12.8 Å². The molecule has 1 atom stereocenters. The average molecular weight is 417 g/mol. The van der Waals surface area contributed by atoms with Gasteiger partial charge >= 0.3 is 5.97 Å². The lowest BCUT2D eigenvalue weighted by Gasteiger charge is -2.25. The van der Waals surface area contributed by atoms with Gasteiger partial charge in [-0.3, -0.25) is 9.59 Å². The van der Waals surface area contributed by atoms with Crippen LogP contribution in [0.4, 0.5) is 0 Å². The molecule has 1 unspecified atom stereocenters. The molecule has 1 aliphatic carbocycles. The van der Waals surface area contributed by atoms with E-state index in [0.717, 1.165) is 16.7 Å². The highest BCUT2D eigenvalue weighted by Gasteiger charge is 2.32. The van der Waals surface area contributed by atoms with Crippen LogP contribution in [-0.4, -0.2) is 11.8 Å². The Morgan fingerprint density at radius 2 is 1.30 bits per heavy atom. The van der Waals surface area contributed by atoms with Gasteiger partial charge in [-0.15, -0.1) is 0 Å². The van der Waals surface area contributed by atoms with E-state index >= 15 is 0 Å². The van der Waals surface area contributed by atoms with E-state index in [1.54, 1.807) is 0 Å². The monoisotopic (exact) mass is 416 g/mol. The molecule has 0 fully saturated rings. The molecule has 3 aromatic carbocycles. The summed E-state index contributed by atoms with van der Waals surface area (Å²) in [5.74, 6) is -1.05. The second-order valence-electron chi connectivity index (χ2n) is 7.35. The van der Waals surface area contributed by atoms with Crippen LogP contribution in [0.1, 0.15) is 41.4 Å². The molecule has 0 amide bonds. The number of hydrogen-bond acceptors (Lipinski definition) is 3. The first-order valence-electron chi connectivity index (χ1n) is 9.92. The molecule has 0 saturated heterocycles. The third kappa shape index (κ3) is 4.37. The molecule has 0 spiro atoms. The van der Waals surface area contributed by atoms with Crippen LogP contribution in [0.3, 0.4) is 0 Å². The van der Waals surface area contributed by atoms with Crippen molar-refractivity contribution in [3.05, 3.63) is 118 Å². The van der Waals surface area contributed by atoms with Gasteiger partial charge in [0.25, 0.3) is 0 Å². The lowest BCUT2D eigenvalue weighted by molar-refractivity contribution is -0.140. The number of halogens is 1. The second-order valence-corrected chi connectivity index (χ2v) is 7.73. The Bertz CT molecular complexity index is 1020. The molecule has 0 N–H and O–H groups in total. The number of benzene rings is 3. The molecule has 0 radical (unpaired) electrons. The molecular formula is C26H21ClO3. The normalized spacial score (nSPS) is 16.6. The van der Waals surface area contributed by atoms with Gasteiger partial charge < -0.3 is 4.74 Å². The van der Waals surface area contributed by atoms with E-state index < -0.39 is 11.9 Å². The molecule has 3 nitrogen and oxygen atoms in total. The maximum Gasteiger partial charge on any atom is 0.323 e. The fourth-order valence-electron chi connectivity index (χ4n) is 3.84. The van der Waals surface area contributed by atoms with Gasteiger partial charge in [0.1, 0.15) is 16.7 Å². The van der Waals surface area contributed by atoms with Crippen molar-refractivity contribution >= 4 is 23.4 Å². The first-order chi connectivity index (χ1) is 14.6. The average Bonchev–Trinajstić information content (AvgIpc) is 2.79. The van der Waals surface area contributed by atoms with Crippen LogP contribution < -0.4 is 0 Å². The molecule has 30 heavy (non-hydrogen) atoms. The number of esters is 1. The van der Waals surface area contributed by atoms with Gasteiger partial charge in [0.05, 0.1) is 0 Å². The summed E-state index contributed by atoms with van der Waals surface area (Å²) in [6, 6.07) is 28.7. The number of ketones is 1. The third-order valence-electron chi connectivity index (χ3n) is 5.35. The molecule has 0 aliphatic heterocycles. The summed E-state index contributed by atoms with van der Waals surface area (Å²) in [5, 5.41) is 0.0235. The third-order valence-corrected chi connectivity index (χ3v) is 5.77. The number of Topliss-reactive ketones (excluding diaryl/α,β-unsaturated/α-hetero) is 1. The number of rotatable bonds is 5. The summed E-state index contributed by atoms with van der Waals surface area (Å²) in [7, 11) is 0. The molecule has 4 rings (SSSR count). The largest absolute Gasteiger partial charge is 0.429 e. The van der Waals surface area contributed by atoms with Crippen LogP contribution in [0.25, 0.3) is 0 Å². The Morgan fingerprint density at radius 3 is 1.83 bits per heavy atom. The van der Waals surface area contributed by atoms with E-state index in [-0.39, 0.29) is 22.5 Å². The van der Waals surface area contributed by atoms with Crippen molar-refractivity contribution in [1.82, 2.24) is 0 Å². The number of carbonyl (C=O) groups is 2. The zero-order valence-electron chi connectivity index (χ0n) is 16.3. The zero-order valence-corrected chi connectivity index (χ0v) is 17.1. The Morgan fingerprint density at radius 1 is 0.800 bits per heavy atom. The minimum absolute atomic E-state index is 0.0235. The molecule has 0 bridgehead atoms. The van der Waals surface area contributed by atoms with Gasteiger partial charge in [0, 0.05) is 12.8 Å². The maximum absolute atomic E-state index is 13.3. The van der Waals surface area contributed by atoms with E-state index in [2.05, 4.69) is 0 Å². The standard InChI is InChI=1S/C26H21ClO3/c27-25-22(28)16-21(18-10-4-1-5-11-18)17-23(25)30-26(29)24(19-12-6-2-7-13-19)20-14-8-3-9-15-20/h1-15,21,24H,16-17H2. The smallest absolute Gasteiger partial charge is 0.323 e. The topological polar surface area (TPSA) is 43.4 Å². The predicted octanol–water partition coefficient (Wildman–Crippen LogP) is 5.96. The Balaban J connectivity index is 1.63. The highest BCUT2D eigenvalue weighted by atomic mass is 35.5. The van der Waals surface area contributed by atoms with E-state index in [9.17, 15) is 9.59 Å². The van der Waals surface area contributed by atoms with Gasteiger partial charge in [-0.2, -0.15) is 0 Å². The first-order valence-corrected chi connectivity index (χ1v) is 10.3. The van der Waals surface area contributed by atoms with Gasteiger partial charge in [-0.05, 0) is 22.6 Å². The van der Waals surface area contributed by atoms with Gasteiger partial charge in [0.2, 0.25) is 0 Å². The zero-order chi connectivity index (χ0) is 20.9. The predicted molar refractivity (Wildman–Crippen MR) is 117 cm³/mol. The van der Waals surface area contributed by atoms with Crippen LogP contribution in [0.2, 0.25) is 0 Å². The number of allylic oxidation sites excluding steroid dienone is 2. The lowest BCUT2D eigenvalue weighted by atomic mass is 9.86.